The van der Waals surface area contributed by atoms with Crippen LogP contribution in [0, 0.1) is 0 Å². The fourth-order valence-corrected chi connectivity index (χ4v) is 0.930. The van der Waals surface area contributed by atoms with Gasteiger partial charge in [0.2, 0.25) is 6.17 Å². The zero-order valence-electron chi connectivity index (χ0n) is 9.32. The predicted molar refractivity (Wildman–Crippen MR) is 37.9 cm³/mol. The Labute approximate surface area is 110 Å². The Bertz CT molecular complexity index is 402. The van der Waals surface area contributed by atoms with E-state index in [1.54, 1.807) is 0 Å². The monoisotopic (exact) mass is 368 g/mol. The fraction of sp³-hybridized carbons (Fsp3) is 1.00. The molecule has 0 aromatic carbocycles. The van der Waals surface area contributed by atoms with Crippen molar-refractivity contribution in [3.63, 3.8) is 0 Å². The Morgan fingerprint density at radius 3 is 1.09 bits per heavy atom. The molecule has 0 aliphatic heterocycles. The first-order chi connectivity index (χ1) is 9.15. The number of halogens is 14. The maximum Gasteiger partial charge on any atom is 0.460 e. The lowest BCUT2D eigenvalue weighted by Crippen LogP contribution is -2.68. The molecule has 0 aromatic rings. The molecule has 2 unspecified atom stereocenters. The van der Waals surface area contributed by atoms with Crippen LogP contribution in [0.4, 0.5) is 61.5 Å². The second-order valence-corrected chi connectivity index (χ2v) is 3.80. The highest BCUT2D eigenvalue weighted by atomic mass is 19.4. The summed E-state index contributed by atoms with van der Waals surface area (Å²) in [4.78, 5) is 0. The number of aliphatic hydroxyl groups is 1. The summed E-state index contributed by atoms with van der Waals surface area (Å²) < 4.78 is 170. The lowest BCUT2D eigenvalue weighted by molar-refractivity contribution is -0.427. The highest BCUT2D eigenvalue weighted by molar-refractivity contribution is 5.07. The van der Waals surface area contributed by atoms with Crippen molar-refractivity contribution < 1.29 is 66.6 Å². The average molecular weight is 368 g/mol. The third-order valence-corrected chi connectivity index (χ3v) is 2.22. The van der Waals surface area contributed by atoms with E-state index >= 15 is 0 Å². The van der Waals surface area contributed by atoms with E-state index in [-0.39, 0.29) is 0 Å². The quantitative estimate of drug-likeness (QED) is 0.744. The molecule has 2 atom stereocenters. The molecular weight excluding hydrogens is 366 g/mol. The van der Waals surface area contributed by atoms with Crippen molar-refractivity contribution in [3.8, 4) is 0 Å². The summed E-state index contributed by atoms with van der Waals surface area (Å²) in [5, 5.41) is 7.78. The largest absolute Gasteiger partial charge is 0.460 e. The molecule has 0 saturated carbocycles. The van der Waals surface area contributed by atoms with Gasteiger partial charge in [-0.1, -0.05) is 0 Å². The molecule has 1 N–H and O–H groups in total. The molecule has 0 aromatic heterocycles. The highest BCUT2D eigenvalue weighted by Gasteiger charge is 2.86. The highest BCUT2D eigenvalue weighted by Crippen LogP contribution is 2.56. The molecule has 0 aliphatic rings. The molecule has 0 rings (SSSR count). The molecule has 0 heterocycles. The molecular formula is C7H2F14O. The Balaban J connectivity index is 6.03. The summed E-state index contributed by atoms with van der Waals surface area (Å²) in [7, 11) is 0. The minimum Gasteiger partial charge on any atom is -0.352 e. The summed E-state index contributed by atoms with van der Waals surface area (Å²) in [6.07, 6.45) is -20.6. The molecule has 0 saturated heterocycles. The van der Waals surface area contributed by atoms with Crippen molar-refractivity contribution in [2.75, 3.05) is 0 Å². The topological polar surface area (TPSA) is 20.2 Å². The number of alkyl halides is 14. The molecule has 0 spiro atoms. The van der Waals surface area contributed by atoms with Crippen molar-refractivity contribution in [3.05, 3.63) is 0 Å². The first kappa shape index (κ1) is 21.0. The zero-order chi connectivity index (χ0) is 18.6. The van der Waals surface area contributed by atoms with E-state index in [1.165, 1.54) is 0 Å². The van der Waals surface area contributed by atoms with Gasteiger partial charge in [-0.2, -0.15) is 57.1 Å². The number of hydrogen-bond acceptors (Lipinski definition) is 1. The molecule has 0 fully saturated rings. The van der Waals surface area contributed by atoms with Gasteiger partial charge in [-0.3, -0.25) is 0 Å². The van der Waals surface area contributed by atoms with E-state index in [1.807, 2.05) is 0 Å². The van der Waals surface area contributed by atoms with Crippen LogP contribution in [0.2, 0.25) is 0 Å². The van der Waals surface area contributed by atoms with Gasteiger partial charge in [0.25, 0.3) is 0 Å². The Morgan fingerprint density at radius 2 is 0.864 bits per heavy atom. The maximum absolute atomic E-state index is 12.6. The van der Waals surface area contributed by atoms with Crippen molar-refractivity contribution in [2.45, 2.75) is 42.1 Å². The number of rotatable bonds is 4. The molecule has 134 valence electrons. The fourth-order valence-electron chi connectivity index (χ4n) is 0.930. The van der Waals surface area contributed by atoms with Crippen LogP contribution >= 0.6 is 0 Å². The van der Waals surface area contributed by atoms with Crippen LogP contribution in [-0.4, -0.2) is 47.3 Å². The minimum atomic E-state index is -7.84. The first-order valence-electron chi connectivity index (χ1n) is 4.48. The van der Waals surface area contributed by atoms with Gasteiger partial charge in [0.15, 0.2) is 0 Å². The van der Waals surface area contributed by atoms with Crippen LogP contribution in [0.15, 0.2) is 0 Å². The van der Waals surface area contributed by atoms with Crippen molar-refractivity contribution in [2.24, 2.45) is 0 Å². The molecule has 0 amide bonds. The average Bonchev–Trinajstić information content (AvgIpc) is 2.24. The van der Waals surface area contributed by atoms with Gasteiger partial charge in [-0.25, -0.2) is 4.39 Å². The van der Waals surface area contributed by atoms with Crippen LogP contribution < -0.4 is 0 Å². The van der Waals surface area contributed by atoms with Crippen LogP contribution in [0.5, 0.6) is 0 Å². The van der Waals surface area contributed by atoms with E-state index < -0.39 is 42.1 Å². The molecule has 22 heavy (non-hydrogen) atoms. The van der Waals surface area contributed by atoms with Gasteiger partial charge in [0.1, 0.15) is 0 Å². The smallest absolute Gasteiger partial charge is 0.352 e. The van der Waals surface area contributed by atoms with E-state index in [0.717, 1.165) is 0 Å². The molecule has 0 aliphatic carbocycles. The van der Waals surface area contributed by atoms with Crippen LogP contribution in [0.1, 0.15) is 0 Å². The number of hydrogen-bond donors (Lipinski definition) is 1. The summed E-state index contributed by atoms with van der Waals surface area (Å²) in [6.45, 7) is 0. The predicted octanol–water partition coefficient (Wildman–Crippen LogP) is 4.01. The summed E-state index contributed by atoms with van der Waals surface area (Å²) >= 11 is 0. The van der Waals surface area contributed by atoms with Crippen LogP contribution in [-0.2, 0) is 0 Å². The van der Waals surface area contributed by atoms with Gasteiger partial charge in [0.05, 0.1) is 0 Å². The van der Waals surface area contributed by atoms with Crippen LogP contribution in [0.3, 0.4) is 0 Å². The van der Waals surface area contributed by atoms with Gasteiger partial charge in [0, 0.05) is 0 Å². The Morgan fingerprint density at radius 1 is 0.545 bits per heavy atom. The van der Waals surface area contributed by atoms with E-state index in [9.17, 15) is 61.5 Å². The van der Waals surface area contributed by atoms with Crippen molar-refractivity contribution >= 4 is 0 Å². The maximum atomic E-state index is 12.6. The lowest BCUT2D eigenvalue weighted by atomic mass is 9.95. The van der Waals surface area contributed by atoms with Crippen molar-refractivity contribution in [1.82, 2.24) is 0 Å². The summed E-state index contributed by atoms with van der Waals surface area (Å²) in [6, 6.07) is 0. The third-order valence-electron chi connectivity index (χ3n) is 2.22. The zero-order valence-corrected chi connectivity index (χ0v) is 9.32. The van der Waals surface area contributed by atoms with Crippen LogP contribution in [0.25, 0.3) is 0 Å². The van der Waals surface area contributed by atoms with Gasteiger partial charge < -0.3 is 5.11 Å². The van der Waals surface area contributed by atoms with Crippen molar-refractivity contribution in [1.29, 1.82) is 0 Å². The summed E-state index contributed by atoms with van der Waals surface area (Å²) in [5.41, 5.74) is 0. The second-order valence-electron chi connectivity index (χ2n) is 3.80. The summed E-state index contributed by atoms with van der Waals surface area (Å²) in [5.74, 6) is -30.0. The molecule has 1 nitrogen and oxygen atoms in total. The van der Waals surface area contributed by atoms with E-state index in [0.29, 0.717) is 0 Å². The third kappa shape index (κ3) is 2.78. The molecule has 0 bridgehead atoms. The minimum absolute atomic E-state index is 6.18. The second kappa shape index (κ2) is 4.99. The Kier molecular flexibility index (Phi) is 4.76. The van der Waals surface area contributed by atoms with E-state index in [2.05, 4.69) is 0 Å². The van der Waals surface area contributed by atoms with Gasteiger partial charge in [-0.15, -0.1) is 0 Å². The first-order valence-corrected chi connectivity index (χ1v) is 4.48. The normalized spacial score (nSPS) is 19.8. The molecule has 0 radical (unpaired) electrons. The lowest BCUT2D eigenvalue weighted by Gasteiger charge is -2.37. The molecule has 15 heteroatoms. The van der Waals surface area contributed by atoms with E-state index in [4.69, 9.17) is 5.11 Å². The standard InChI is InChI=1S/C7H2F14O/c8-1(3(11,22)6(16,17)18)2(9,10)4(12,13)5(14,15)7(19,20)21/h1,22H. The van der Waals surface area contributed by atoms with Gasteiger partial charge in [-0.05, 0) is 0 Å². The van der Waals surface area contributed by atoms with Gasteiger partial charge >= 0.3 is 36.0 Å². The Hall–Kier alpha value is -1.02. The SMILES string of the molecule is OC(F)(C(F)C(F)(F)C(F)(F)C(F)(F)C(F)(F)F)C(F)(F)F.